The summed E-state index contributed by atoms with van der Waals surface area (Å²) in [6, 6.07) is 21.3. The molecule has 0 saturated carbocycles. The number of H-pyrrole nitrogens is 1. The first kappa shape index (κ1) is 25.8. The van der Waals surface area contributed by atoms with Crippen molar-refractivity contribution in [2.45, 2.75) is 20.3 Å². The molecule has 0 radical (unpaired) electrons. The zero-order valence-corrected chi connectivity index (χ0v) is 21.7. The van der Waals surface area contributed by atoms with Crippen LogP contribution >= 0.6 is 0 Å². The molecule has 196 valence electrons. The highest BCUT2D eigenvalue weighted by Crippen LogP contribution is 2.27. The zero-order valence-electron chi connectivity index (χ0n) is 21.7. The second-order valence-corrected chi connectivity index (χ2v) is 9.63. The normalized spacial score (nSPS) is 11.1. The molecule has 39 heavy (non-hydrogen) atoms. The predicted molar refractivity (Wildman–Crippen MR) is 151 cm³/mol. The lowest BCUT2D eigenvalue weighted by Gasteiger charge is -2.12. The second-order valence-electron chi connectivity index (χ2n) is 9.63. The lowest BCUT2D eigenvalue weighted by Crippen LogP contribution is -2.26. The van der Waals surface area contributed by atoms with Gasteiger partial charge in [-0.15, -0.1) is 0 Å². The van der Waals surface area contributed by atoms with Gasteiger partial charge in [-0.25, -0.2) is 9.37 Å². The summed E-state index contributed by atoms with van der Waals surface area (Å²) >= 11 is 0. The first-order valence-corrected chi connectivity index (χ1v) is 12.8. The van der Waals surface area contributed by atoms with Crippen LogP contribution in [0.2, 0.25) is 0 Å². The number of carbonyl (C=O) groups is 2. The summed E-state index contributed by atoms with van der Waals surface area (Å²) in [5, 5.41) is 7.89. The van der Waals surface area contributed by atoms with Gasteiger partial charge in [0.05, 0.1) is 5.69 Å². The SMILES string of the molecule is CC(C)C(=O)Nc1cc(C(=O)NCCc2ccc(F)cc2)cc(-c2c[nH]c(-c3cc4ccccc4cn3)n2)c1. The van der Waals surface area contributed by atoms with Gasteiger partial charge in [0.15, 0.2) is 5.82 Å². The molecule has 0 spiro atoms. The molecular formula is C31H28FN5O2. The third-order valence-electron chi connectivity index (χ3n) is 6.35. The van der Waals surface area contributed by atoms with Crippen molar-refractivity contribution in [2.24, 2.45) is 5.92 Å². The lowest BCUT2D eigenvalue weighted by molar-refractivity contribution is -0.118. The lowest BCUT2D eigenvalue weighted by atomic mass is 10.1. The van der Waals surface area contributed by atoms with Crippen LogP contribution in [0.5, 0.6) is 0 Å². The maximum atomic E-state index is 13.2. The Labute approximate surface area is 225 Å². The van der Waals surface area contributed by atoms with E-state index in [1.165, 1.54) is 12.1 Å². The number of nitrogens with one attached hydrogen (secondary N) is 3. The molecule has 5 aromatic rings. The van der Waals surface area contributed by atoms with E-state index in [1.54, 1.807) is 50.4 Å². The van der Waals surface area contributed by atoms with Crippen LogP contribution in [-0.2, 0) is 11.2 Å². The number of nitrogens with zero attached hydrogens (tertiary/aromatic N) is 2. The first-order valence-electron chi connectivity index (χ1n) is 12.8. The summed E-state index contributed by atoms with van der Waals surface area (Å²) in [7, 11) is 0. The van der Waals surface area contributed by atoms with Crippen molar-refractivity contribution in [1.29, 1.82) is 0 Å². The third kappa shape index (κ3) is 6.18. The molecule has 0 bridgehead atoms. The number of carbonyl (C=O) groups excluding carboxylic acids is 2. The summed E-state index contributed by atoms with van der Waals surface area (Å²) < 4.78 is 13.2. The second kappa shape index (κ2) is 11.3. The topological polar surface area (TPSA) is 99.8 Å². The number of amides is 2. The number of imidazole rings is 1. The molecule has 0 aliphatic rings. The molecular weight excluding hydrogens is 493 g/mol. The van der Waals surface area contributed by atoms with Gasteiger partial charge in [0.2, 0.25) is 5.91 Å². The van der Waals surface area contributed by atoms with Crippen LogP contribution in [0.3, 0.4) is 0 Å². The monoisotopic (exact) mass is 521 g/mol. The Hall–Kier alpha value is -4.85. The number of hydrogen-bond donors (Lipinski definition) is 3. The minimum absolute atomic E-state index is 0.155. The Kier molecular flexibility index (Phi) is 7.45. The number of aromatic nitrogens is 3. The van der Waals surface area contributed by atoms with Crippen molar-refractivity contribution >= 4 is 28.3 Å². The summed E-state index contributed by atoms with van der Waals surface area (Å²) in [6.45, 7) is 3.99. The van der Waals surface area contributed by atoms with Gasteiger partial charge in [-0.1, -0.05) is 50.2 Å². The molecule has 2 amide bonds. The van der Waals surface area contributed by atoms with Crippen LogP contribution in [0.4, 0.5) is 10.1 Å². The molecule has 3 N–H and O–H groups in total. The Bertz CT molecular complexity index is 1640. The highest BCUT2D eigenvalue weighted by Gasteiger charge is 2.15. The van der Waals surface area contributed by atoms with Crippen molar-refractivity contribution in [3.63, 3.8) is 0 Å². The zero-order chi connectivity index (χ0) is 27.4. The van der Waals surface area contributed by atoms with Crippen LogP contribution in [0, 0.1) is 11.7 Å². The van der Waals surface area contributed by atoms with Crippen molar-refractivity contribution in [2.75, 3.05) is 11.9 Å². The van der Waals surface area contributed by atoms with Crippen molar-refractivity contribution < 1.29 is 14.0 Å². The summed E-state index contributed by atoms with van der Waals surface area (Å²) in [4.78, 5) is 37.9. The van der Waals surface area contributed by atoms with Gasteiger partial charge in [0.25, 0.3) is 5.91 Å². The summed E-state index contributed by atoms with van der Waals surface area (Å²) in [5.74, 6) is -0.368. The Morgan fingerprint density at radius 3 is 2.49 bits per heavy atom. The minimum atomic E-state index is -0.298. The van der Waals surface area contributed by atoms with Gasteiger partial charge in [0, 0.05) is 47.1 Å². The average molecular weight is 522 g/mol. The van der Waals surface area contributed by atoms with Crippen LogP contribution in [0.1, 0.15) is 29.8 Å². The minimum Gasteiger partial charge on any atom is -0.352 e. The van der Waals surface area contributed by atoms with Gasteiger partial charge in [-0.05, 0) is 53.8 Å². The fourth-order valence-corrected chi connectivity index (χ4v) is 4.15. The highest BCUT2D eigenvalue weighted by molar-refractivity contribution is 5.99. The summed E-state index contributed by atoms with van der Waals surface area (Å²) in [5.41, 5.74) is 3.79. The molecule has 0 unspecified atom stereocenters. The molecule has 0 saturated heterocycles. The van der Waals surface area contributed by atoms with Gasteiger partial charge in [0.1, 0.15) is 11.5 Å². The maximum absolute atomic E-state index is 13.2. The third-order valence-corrected chi connectivity index (χ3v) is 6.35. The van der Waals surface area contributed by atoms with Crippen LogP contribution in [-0.4, -0.2) is 33.3 Å². The van der Waals surface area contributed by atoms with Crippen LogP contribution < -0.4 is 10.6 Å². The average Bonchev–Trinajstić information content (AvgIpc) is 3.44. The Morgan fingerprint density at radius 1 is 0.949 bits per heavy atom. The molecule has 5 rings (SSSR count). The molecule has 2 heterocycles. The number of pyridine rings is 1. The number of hydrogen-bond acceptors (Lipinski definition) is 4. The highest BCUT2D eigenvalue weighted by atomic mass is 19.1. The predicted octanol–water partition coefficient (Wildman–Crippen LogP) is 6.00. The smallest absolute Gasteiger partial charge is 0.251 e. The molecule has 2 aromatic heterocycles. The maximum Gasteiger partial charge on any atom is 0.251 e. The van der Waals surface area contributed by atoms with Gasteiger partial charge >= 0.3 is 0 Å². The number of benzene rings is 3. The number of aromatic amines is 1. The Balaban J connectivity index is 1.40. The fourth-order valence-electron chi connectivity index (χ4n) is 4.15. The molecule has 7 nitrogen and oxygen atoms in total. The van der Waals surface area contributed by atoms with Crippen molar-refractivity contribution in [3.05, 3.63) is 102 Å². The van der Waals surface area contributed by atoms with Crippen LogP contribution in [0.25, 0.3) is 33.5 Å². The van der Waals surface area contributed by atoms with Crippen molar-refractivity contribution in [1.82, 2.24) is 20.3 Å². The first-order chi connectivity index (χ1) is 18.9. The molecule has 0 fully saturated rings. The van der Waals surface area contributed by atoms with E-state index in [2.05, 4.69) is 20.6 Å². The summed E-state index contributed by atoms with van der Waals surface area (Å²) in [6.07, 6.45) is 4.12. The van der Waals surface area contributed by atoms with E-state index in [9.17, 15) is 14.0 Å². The Morgan fingerprint density at radius 2 is 1.72 bits per heavy atom. The fraction of sp³-hybridized carbons (Fsp3) is 0.161. The number of rotatable bonds is 8. The molecule has 8 heteroatoms. The molecule has 0 aliphatic heterocycles. The van der Waals surface area contributed by atoms with Gasteiger partial charge in [-0.3, -0.25) is 14.6 Å². The van der Waals surface area contributed by atoms with Crippen molar-refractivity contribution in [3.8, 4) is 22.8 Å². The molecule has 0 atom stereocenters. The van der Waals surface area contributed by atoms with E-state index < -0.39 is 0 Å². The largest absolute Gasteiger partial charge is 0.352 e. The van der Waals surface area contributed by atoms with Crippen LogP contribution in [0.15, 0.2) is 85.2 Å². The van der Waals surface area contributed by atoms with E-state index in [4.69, 9.17) is 4.98 Å². The van der Waals surface area contributed by atoms with E-state index in [0.717, 1.165) is 16.3 Å². The van der Waals surface area contributed by atoms with E-state index in [0.29, 0.717) is 47.0 Å². The van der Waals surface area contributed by atoms with Gasteiger partial charge in [-0.2, -0.15) is 0 Å². The number of halogens is 1. The van der Waals surface area contributed by atoms with E-state index >= 15 is 0 Å². The number of anilines is 1. The van der Waals surface area contributed by atoms with E-state index in [1.807, 2.05) is 36.5 Å². The molecule has 0 aliphatic carbocycles. The standard InChI is InChI=1S/C31H28FN5O2/c1-19(2)30(38)36-26-14-23(13-24(15-26)31(39)33-12-11-20-7-9-25(32)10-8-20)28-18-35-29(37-28)27-16-21-5-3-4-6-22(21)17-34-27/h3-10,13-19H,11-12H2,1-2H3,(H,33,39)(H,35,37)(H,36,38). The molecule has 3 aromatic carbocycles. The van der Waals surface area contributed by atoms with E-state index in [-0.39, 0.29) is 23.5 Å². The quantitative estimate of drug-likeness (QED) is 0.233. The van der Waals surface area contributed by atoms with Gasteiger partial charge < -0.3 is 15.6 Å². The number of fused-ring (bicyclic) bond motifs is 1.